The van der Waals surface area contributed by atoms with E-state index in [9.17, 15) is 0 Å². The van der Waals surface area contributed by atoms with Crippen LogP contribution in [0.15, 0.2) is 0 Å². The zero-order valence-electron chi connectivity index (χ0n) is 6.39. The van der Waals surface area contributed by atoms with E-state index in [2.05, 4.69) is 13.8 Å². The van der Waals surface area contributed by atoms with Crippen molar-refractivity contribution in [2.24, 2.45) is 5.92 Å². The van der Waals surface area contributed by atoms with Gasteiger partial charge in [-0.25, -0.2) is 0 Å². The first kappa shape index (κ1) is 7.07. The molecule has 1 fully saturated rings. The predicted octanol–water partition coefficient (Wildman–Crippen LogP) is 2.21. The van der Waals surface area contributed by atoms with Gasteiger partial charge in [-0.2, -0.15) is 0 Å². The maximum absolute atomic E-state index is 5.35. The maximum Gasteiger partial charge on any atom is 0.0622 e. The Bertz CT molecular complexity index is 80.6. The molecule has 0 bridgehead atoms. The highest BCUT2D eigenvalue weighted by Gasteiger charge is 2.26. The summed E-state index contributed by atoms with van der Waals surface area (Å²) < 4.78 is 5.35. The molecule has 54 valence electrons. The van der Waals surface area contributed by atoms with E-state index in [1.54, 1.807) is 0 Å². The highest BCUT2D eigenvalue weighted by atomic mass is 16.5. The van der Waals surface area contributed by atoms with Gasteiger partial charge in [-0.3, -0.25) is 0 Å². The smallest absolute Gasteiger partial charge is 0.0622 e. The third kappa shape index (κ3) is 1.68. The van der Waals surface area contributed by atoms with Crippen LogP contribution in [0.1, 0.15) is 33.1 Å². The molecule has 1 heteroatoms. The topological polar surface area (TPSA) is 9.23 Å². The first-order valence-electron chi connectivity index (χ1n) is 3.96. The molecule has 1 aliphatic rings. The summed E-state index contributed by atoms with van der Waals surface area (Å²) in [7, 11) is 0. The SMILES string of the molecule is CCCC[C@@H]1OC[C@H]1C. The second-order valence-corrected chi connectivity index (χ2v) is 2.99. The average Bonchev–Trinajstić information content (AvgIpc) is 1.86. The maximum atomic E-state index is 5.35. The lowest BCUT2D eigenvalue weighted by Gasteiger charge is -2.34. The minimum atomic E-state index is 0.602. The molecule has 0 N–H and O–H groups in total. The van der Waals surface area contributed by atoms with E-state index in [0.29, 0.717) is 6.10 Å². The van der Waals surface area contributed by atoms with Crippen LogP contribution in [0.5, 0.6) is 0 Å². The van der Waals surface area contributed by atoms with Crippen molar-refractivity contribution in [2.75, 3.05) is 6.61 Å². The number of hydrogen-bond acceptors (Lipinski definition) is 1. The van der Waals surface area contributed by atoms with Gasteiger partial charge in [0.05, 0.1) is 12.7 Å². The van der Waals surface area contributed by atoms with Gasteiger partial charge in [0.25, 0.3) is 0 Å². The second kappa shape index (κ2) is 3.21. The first-order valence-corrected chi connectivity index (χ1v) is 3.96. The third-order valence-corrected chi connectivity index (χ3v) is 2.05. The van der Waals surface area contributed by atoms with Crippen LogP contribution < -0.4 is 0 Å². The largest absolute Gasteiger partial charge is 0.377 e. The van der Waals surface area contributed by atoms with Crippen molar-refractivity contribution in [2.45, 2.75) is 39.2 Å². The van der Waals surface area contributed by atoms with E-state index in [1.165, 1.54) is 19.3 Å². The average molecular weight is 128 g/mol. The number of unbranched alkanes of at least 4 members (excludes halogenated alkanes) is 1. The van der Waals surface area contributed by atoms with Gasteiger partial charge in [0.2, 0.25) is 0 Å². The molecular weight excluding hydrogens is 112 g/mol. The van der Waals surface area contributed by atoms with Gasteiger partial charge in [-0.15, -0.1) is 0 Å². The zero-order valence-corrected chi connectivity index (χ0v) is 6.39. The van der Waals surface area contributed by atoms with Crippen LogP contribution >= 0.6 is 0 Å². The molecule has 2 atom stereocenters. The van der Waals surface area contributed by atoms with Crippen LogP contribution in [-0.2, 0) is 4.74 Å². The quantitative estimate of drug-likeness (QED) is 0.566. The Morgan fingerprint density at radius 3 is 2.67 bits per heavy atom. The molecule has 1 rings (SSSR count). The fraction of sp³-hybridized carbons (Fsp3) is 1.00. The van der Waals surface area contributed by atoms with Crippen molar-refractivity contribution >= 4 is 0 Å². The van der Waals surface area contributed by atoms with Gasteiger partial charge in [0.15, 0.2) is 0 Å². The molecule has 0 aromatic carbocycles. The van der Waals surface area contributed by atoms with Crippen LogP contribution in [-0.4, -0.2) is 12.7 Å². The van der Waals surface area contributed by atoms with E-state index >= 15 is 0 Å². The van der Waals surface area contributed by atoms with Gasteiger partial charge >= 0.3 is 0 Å². The van der Waals surface area contributed by atoms with Gasteiger partial charge in [-0.1, -0.05) is 26.7 Å². The molecule has 0 saturated carbocycles. The summed E-state index contributed by atoms with van der Waals surface area (Å²) in [4.78, 5) is 0. The summed E-state index contributed by atoms with van der Waals surface area (Å²) >= 11 is 0. The van der Waals surface area contributed by atoms with Crippen molar-refractivity contribution in [3.05, 3.63) is 0 Å². The Kier molecular flexibility index (Phi) is 2.52. The Morgan fingerprint density at radius 1 is 1.56 bits per heavy atom. The molecule has 1 nitrogen and oxygen atoms in total. The third-order valence-electron chi connectivity index (χ3n) is 2.05. The van der Waals surface area contributed by atoms with Gasteiger partial charge in [0.1, 0.15) is 0 Å². The molecule has 0 aromatic rings. The monoisotopic (exact) mass is 128 g/mol. The van der Waals surface area contributed by atoms with E-state index in [4.69, 9.17) is 4.74 Å². The van der Waals surface area contributed by atoms with E-state index in [-0.39, 0.29) is 0 Å². The van der Waals surface area contributed by atoms with Crippen LogP contribution in [0, 0.1) is 5.92 Å². The Morgan fingerprint density at radius 2 is 2.33 bits per heavy atom. The summed E-state index contributed by atoms with van der Waals surface area (Å²) in [6, 6.07) is 0. The molecule has 1 aliphatic heterocycles. The molecule has 1 saturated heterocycles. The lowest BCUT2D eigenvalue weighted by Crippen LogP contribution is -2.37. The zero-order chi connectivity index (χ0) is 6.69. The minimum absolute atomic E-state index is 0.602. The molecule has 0 aromatic heterocycles. The highest BCUT2D eigenvalue weighted by Crippen LogP contribution is 2.23. The van der Waals surface area contributed by atoms with Gasteiger partial charge in [-0.05, 0) is 6.42 Å². The first-order chi connectivity index (χ1) is 4.34. The lowest BCUT2D eigenvalue weighted by atomic mass is 9.96. The fourth-order valence-corrected chi connectivity index (χ4v) is 1.20. The van der Waals surface area contributed by atoms with Crippen LogP contribution in [0.2, 0.25) is 0 Å². The Hall–Kier alpha value is -0.0400. The van der Waals surface area contributed by atoms with Crippen molar-refractivity contribution < 1.29 is 4.74 Å². The van der Waals surface area contributed by atoms with E-state index in [1.807, 2.05) is 0 Å². The van der Waals surface area contributed by atoms with Gasteiger partial charge < -0.3 is 4.74 Å². The summed E-state index contributed by atoms with van der Waals surface area (Å²) in [5.41, 5.74) is 0. The molecular formula is C8H16O. The van der Waals surface area contributed by atoms with Crippen LogP contribution in [0.4, 0.5) is 0 Å². The highest BCUT2D eigenvalue weighted by molar-refractivity contribution is 4.73. The standard InChI is InChI=1S/C8H16O/c1-3-4-5-8-7(2)6-9-8/h7-8H,3-6H2,1-2H3/t7-,8+/m1/s1. The lowest BCUT2D eigenvalue weighted by molar-refractivity contribution is -0.110. The van der Waals surface area contributed by atoms with Crippen molar-refractivity contribution in [1.82, 2.24) is 0 Å². The van der Waals surface area contributed by atoms with Gasteiger partial charge in [0, 0.05) is 5.92 Å². The summed E-state index contributed by atoms with van der Waals surface area (Å²) in [6.45, 7) is 5.49. The second-order valence-electron chi connectivity index (χ2n) is 2.99. The molecule has 9 heavy (non-hydrogen) atoms. The number of hydrogen-bond donors (Lipinski definition) is 0. The fourth-order valence-electron chi connectivity index (χ4n) is 1.20. The molecule has 0 aliphatic carbocycles. The summed E-state index contributed by atoms with van der Waals surface area (Å²) in [5.74, 6) is 0.830. The van der Waals surface area contributed by atoms with Crippen LogP contribution in [0.3, 0.4) is 0 Å². The number of rotatable bonds is 3. The number of ether oxygens (including phenoxy) is 1. The predicted molar refractivity (Wildman–Crippen MR) is 38.4 cm³/mol. The Balaban J connectivity index is 1.99. The Labute approximate surface area is 57.4 Å². The molecule has 0 spiro atoms. The summed E-state index contributed by atoms with van der Waals surface area (Å²) in [5, 5.41) is 0. The van der Waals surface area contributed by atoms with Crippen molar-refractivity contribution in [3.8, 4) is 0 Å². The minimum Gasteiger partial charge on any atom is -0.377 e. The van der Waals surface area contributed by atoms with Crippen molar-refractivity contribution in [1.29, 1.82) is 0 Å². The molecule has 0 radical (unpaired) electrons. The molecule has 1 heterocycles. The van der Waals surface area contributed by atoms with E-state index in [0.717, 1.165) is 12.5 Å². The molecule has 0 unspecified atom stereocenters. The normalized spacial score (nSPS) is 34.0. The van der Waals surface area contributed by atoms with Crippen LogP contribution in [0.25, 0.3) is 0 Å². The summed E-state index contributed by atoms with van der Waals surface area (Å²) in [6.07, 6.45) is 4.50. The van der Waals surface area contributed by atoms with Crippen molar-refractivity contribution in [3.63, 3.8) is 0 Å². The van der Waals surface area contributed by atoms with E-state index < -0.39 is 0 Å². The molecule has 0 amide bonds.